The maximum atomic E-state index is 13.7. The molecule has 0 N–H and O–H groups in total. The molecule has 1 atom stereocenters. The predicted molar refractivity (Wildman–Crippen MR) is 69.1 cm³/mol. The Balaban J connectivity index is 3.28. The number of likely N-dealkylation sites (N-methyl/N-ethyl adjacent to an activating group) is 1. The number of halogens is 4. The van der Waals surface area contributed by atoms with Crippen LogP contribution in [0.25, 0.3) is 0 Å². The number of nitrogens with zero attached hydrogens (tertiary/aromatic N) is 1. The van der Waals surface area contributed by atoms with E-state index in [1.54, 1.807) is 0 Å². The topological polar surface area (TPSA) is 46.6 Å². The number of carbonyl (C=O) groups is 2. The predicted octanol–water partition coefficient (Wildman–Crippen LogP) is 3.35. The van der Waals surface area contributed by atoms with E-state index in [1.165, 1.54) is 20.8 Å². The van der Waals surface area contributed by atoms with Gasteiger partial charge in [-0.05, 0) is 20.8 Å². The smallest absolute Gasteiger partial charge is 0.410 e. The van der Waals surface area contributed by atoms with Crippen molar-refractivity contribution in [3.8, 4) is 0 Å². The van der Waals surface area contributed by atoms with E-state index in [9.17, 15) is 27.2 Å². The monoisotopic (exact) mass is 321 g/mol. The molecule has 0 aliphatic carbocycles. The van der Waals surface area contributed by atoms with E-state index in [-0.39, 0.29) is 12.4 Å². The van der Waals surface area contributed by atoms with Crippen LogP contribution < -0.4 is 0 Å². The average Bonchev–Trinajstić information content (AvgIpc) is 2.38. The highest BCUT2D eigenvalue weighted by atomic mass is 19.2. The number of benzene rings is 1. The maximum Gasteiger partial charge on any atom is 0.410 e. The standard InChI is InChI=1S/C14H15F4NO3/c1-14(2,3)22-13(21)19(4)9(6-20)10-11(17)7(15)5-8(16)12(10)18/h5-6,9H,1-4H3. The lowest BCUT2D eigenvalue weighted by molar-refractivity contribution is -0.112. The minimum Gasteiger partial charge on any atom is -0.444 e. The van der Waals surface area contributed by atoms with Crippen molar-refractivity contribution in [2.75, 3.05) is 7.05 Å². The van der Waals surface area contributed by atoms with Gasteiger partial charge in [0, 0.05) is 13.1 Å². The van der Waals surface area contributed by atoms with Crippen LogP contribution in [-0.2, 0) is 9.53 Å². The van der Waals surface area contributed by atoms with Crippen molar-refractivity contribution in [3.05, 3.63) is 34.9 Å². The van der Waals surface area contributed by atoms with E-state index < -0.39 is 46.6 Å². The number of ether oxygens (including phenoxy) is 1. The van der Waals surface area contributed by atoms with E-state index in [0.717, 1.165) is 7.05 Å². The molecular formula is C14H15F4NO3. The highest BCUT2D eigenvalue weighted by molar-refractivity contribution is 5.74. The number of hydrogen-bond donors (Lipinski definition) is 0. The number of amides is 1. The first-order valence-corrected chi connectivity index (χ1v) is 6.23. The fourth-order valence-electron chi connectivity index (χ4n) is 1.65. The highest BCUT2D eigenvalue weighted by Gasteiger charge is 2.32. The summed E-state index contributed by atoms with van der Waals surface area (Å²) >= 11 is 0. The van der Waals surface area contributed by atoms with Gasteiger partial charge in [0.25, 0.3) is 0 Å². The largest absolute Gasteiger partial charge is 0.444 e. The molecule has 0 fully saturated rings. The van der Waals surface area contributed by atoms with Crippen molar-refractivity contribution in [3.63, 3.8) is 0 Å². The zero-order valence-electron chi connectivity index (χ0n) is 12.4. The molecule has 1 amide bonds. The van der Waals surface area contributed by atoms with Crippen molar-refractivity contribution in [1.82, 2.24) is 4.90 Å². The fraction of sp³-hybridized carbons (Fsp3) is 0.429. The van der Waals surface area contributed by atoms with Crippen molar-refractivity contribution >= 4 is 12.4 Å². The molecule has 0 radical (unpaired) electrons. The molecule has 1 rings (SSSR count). The first-order valence-electron chi connectivity index (χ1n) is 6.23. The van der Waals surface area contributed by atoms with Crippen molar-refractivity contribution in [2.45, 2.75) is 32.4 Å². The lowest BCUT2D eigenvalue weighted by Crippen LogP contribution is -2.38. The summed E-state index contributed by atoms with van der Waals surface area (Å²) < 4.78 is 58.8. The average molecular weight is 321 g/mol. The van der Waals surface area contributed by atoms with Crippen molar-refractivity contribution < 1.29 is 31.9 Å². The molecule has 0 aromatic heterocycles. The molecule has 0 aliphatic heterocycles. The Labute approximate surface area is 124 Å². The summed E-state index contributed by atoms with van der Waals surface area (Å²) in [4.78, 5) is 23.5. The molecule has 1 unspecified atom stereocenters. The molecule has 8 heteroatoms. The Morgan fingerprint density at radius 3 is 2.00 bits per heavy atom. The van der Waals surface area contributed by atoms with Gasteiger partial charge in [0.1, 0.15) is 17.9 Å². The Kier molecular flexibility index (Phi) is 5.16. The summed E-state index contributed by atoms with van der Waals surface area (Å²) in [6.07, 6.45) is -1.09. The van der Waals surface area contributed by atoms with Gasteiger partial charge in [0.2, 0.25) is 0 Å². The molecule has 4 nitrogen and oxygen atoms in total. The second kappa shape index (κ2) is 6.33. The van der Waals surface area contributed by atoms with Crippen LogP contribution in [0.15, 0.2) is 6.07 Å². The highest BCUT2D eigenvalue weighted by Crippen LogP contribution is 2.28. The van der Waals surface area contributed by atoms with E-state index in [1.807, 2.05) is 0 Å². The molecule has 0 aliphatic rings. The number of aldehydes is 1. The van der Waals surface area contributed by atoms with Crippen LogP contribution >= 0.6 is 0 Å². The van der Waals surface area contributed by atoms with Gasteiger partial charge >= 0.3 is 6.09 Å². The van der Waals surface area contributed by atoms with Gasteiger partial charge in [0.05, 0.1) is 5.56 Å². The SMILES string of the molecule is CN(C(=O)OC(C)(C)C)C(C=O)c1c(F)c(F)cc(F)c1F. The van der Waals surface area contributed by atoms with Crippen molar-refractivity contribution in [1.29, 1.82) is 0 Å². The van der Waals surface area contributed by atoms with E-state index in [2.05, 4.69) is 0 Å². The fourth-order valence-corrected chi connectivity index (χ4v) is 1.65. The Morgan fingerprint density at radius 1 is 1.18 bits per heavy atom. The molecule has 122 valence electrons. The van der Waals surface area contributed by atoms with E-state index >= 15 is 0 Å². The van der Waals surface area contributed by atoms with Crippen LogP contribution in [0.1, 0.15) is 32.4 Å². The summed E-state index contributed by atoms with van der Waals surface area (Å²) in [7, 11) is 1.02. The molecule has 0 saturated heterocycles. The maximum absolute atomic E-state index is 13.7. The van der Waals surface area contributed by atoms with Gasteiger partial charge < -0.3 is 9.53 Å². The second-order valence-electron chi connectivity index (χ2n) is 5.55. The van der Waals surface area contributed by atoms with Crippen LogP contribution in [0.2, 0.25) is 0 Å². The van der Waals surface area contributed by atoms with Crippen LogP contribution in [0, 0.1) is 23.3 Å². The van der Waals surface area contributed by atoms with Gasteiger partial charge in [-0.3, -0.25) is 4.90 Å². The number of carbonyl (C=O) groups excluding carboxylic acids is 2. The molecule has 22 heavy (non-hydrogen) atoms. The van der Waals surface area contributed by atoms with Gasteiger partial charge in [-0.1, -0.05) is 0 Å². The minimum atomic E-state index is -1.87. The van der Waals surface area contributed by atoms with E-state index in [4.69, 9.17) is 4.74 Å². The molecule has 0 spiro atoms. The van der Waals surface area contributed by atoms with Gasteiger partial charge in [0.15, 0.2) is 23.3 Å². The summed E-state index contributed by atoms with van der Waals surface area (Å²) in [5.74, 6) is -6.82. The Morgan fingerprint density at radius 2 is 1.64 bits per heavy atom. The van der Waals surface area contributed by atoms with Crippen LogP contribution in [0.3, 0.4) is 0 Å². The molecule has 0 heterocycles. The van der Waals surface area contributed by atoms with Gasteiger partial charge in [-0.25, -0.2) is 22.4 Å². The molecular weight excluding hydrogens is 306 g/mol. The molecule has 1 aromatic carbocycles. The zero-order chi connectivity index (χ0) is 17.2. The normalized spacial score (nSPS) is 12.7. The van der Waals surface area contributed by atoms with E-state index in [0.29, 0.717) is 4.90 Å². The molecule has 0 saturated carbocycles. The first kappa shape index (κ1) is 17.9. The molecule has 1 aromatic rings. The molecule has 0 bridgehead atoms. The first-order chi connectivity index (χ1) is 9.99. The number of rotatable bonds is 3. The Hall–Kier alpha value is -2.12. The minimum absolute atomic E-state index is 0.00963. The third kappa shape index (κ3) is 3.75. The lowest BCUT2D eigenvalue weighted by atomic mass is 10.0. The van der Waals surface area contributed by atoms with Crippen LogP contribution in [0.5, 0.6) is 0 Å². The van der Waals surface area contributed by atoms with Crippen LogP contribution in [-0.4, -0.2) is 29.9 Å². The third-order valence-corrected chi connectivity index (χ3v) is 2.67. The summed E-state index contributed by atoms with van der Waals surface area (Å²) in [5, 5.41) is 0. The van der Waals surface area contributed by atoms with Crippen LogP contribution in [0.4, 0.5) is 22.4 Å². The Bertz CT molecular complexity index is 572. The third-order valence-electron chi connectivity index (χ3n) is 2.67. The quantitative estimate of drug-likeness (QED) is 0.487. The summed E-state index contributed by atoms with van der Waals surface area (Å²) in [6, 6.07) is -1.86. The summed E-state index contributed by atoms with van der Waals surface area (Å²) in [5.41, 5.74) is -2.12. The number of hydrogen-bond acceptors (Lipinski definition) is 3. The summed E-state index contributed by atoms with van der Waals surface area (Å²) in [6.45, 7) is 4.62. The lowest BCUT2D eigenvalue weighted by Gasteiger charge is -2.28. The van der Waals surface area contributed by atoms with Gasteiger partial charge in [-0.15, -0.1) is 0 Å². The zero-order valence-corrected chi connectivity index (χ0v) is 12.4. The van der Waals surface area contributed by atoms with Gasteiger partial charge in [-0.2, -0.15) is 0 Å². The second-order valence-corrected chi connectivity index (χ2v) is 5.55. The van der Waals surface area contributed by atoms with Crippen molar-refractivity contribution in [2.24, 2.45) is 0 Å².